The van der Waals surface area contributed by atoms with Crippen molar-refractivity contribution in [2.24, 2.45) is 0 Å². The van der Waals surface area contributed by atoms with E-state index in [1.807, 2.05) is 49.9 Å². The molecule has 24 heavy (non-hydrogen) atoms. The number of hydrogen-bond acceptors (Lipinski definition) is 3. The molecule has 128 valence electrons. The molecule has 0 aliphatic heterocycles. The fourth-order valence-electron chi connectivity index (χ4n) is 2.06. The topological polar surface area (TPSA) is 33.3 Å². The Labute approximate surface area is 154 Å². The molecule has 0 aromatic heterocycles. The van der Waals surface area contributed by atoms with E-state index in [1.165, 1.54) is 10.5 Å². The molecule has 0 bridgehead atoms. The van der Waals surface area contributed by atoms with Crippen molar-refractivity contribution >= 4 is 34.8 Å². The molecule has 0 aliphatic carbocycles. The average Bonchev–Trinajstić information content (AvgIpc) is 2.53. The number of thioether (sulfide) groups is 1. The molecule has 5 heteroatoms. The smallest absolute Gasteiger partial charge is 0.170 e. The summed E-state index contributed by atoms with van der Waals surface area (Å²) in [6.45, 7) is 6.93. The quantitative estimate of drug-likeness (QED) is 0.419. The van der Waals surface area contributed by atoms with Gasteiger partial charge in [0.1, 0.15) is 5.75 Å². The van der Waals surface area contributed by atoms with E-state index in [1.54, 1.807) is 0 Å². The highest BCUT2D eigenvalue weighted by molar-refractivity contribution is 7.99. The van der Waals surface area contributed by atoms with Gasteiger partial charge in [0.15, 0.2) is 5.11 Å². The second-order valence-electron chi connectivity index (χ2n) is 5.74. The summed E-state index contributed by atoms with van der Waals surface area (Å²) in [4.78, 5) is 1.28. The van der Waals surface area contributed by atoms with Crippen LogP contribution < -0.4 is 15.4 Å². The lowest BCUT2D eigenvalue weighted by Gasteiger charge is -2.13. The van der Waals surface area contributed by atoms with Crippen LogP contribution in [-0.4, -0.2) is 23.5 Å². The molecule has 2 aromatic rings. The summed E-state index contributed by atoms with van der Waals surface area (Å²) in [6, 6.07) is 16.4. The minimum Gasteiger partial charge on any atom is -0.491 e. The molecule has 3 nitrogen and oxygen atoms in total. The van der Waals surface area contributed by atoms with Crippen LogP contribution in [0.25, 0.3) is 0 Å². The van der Waals surface area contributed by atoms with Gasteiger partial charge < -0.3 is 15.4 Å². The SMILES string of the molecule is Cc1ccc(SCCNC(=S)Nc2cccc(OC(C)C)c2)cc1. The standard InChI is InChI=1S/C19H24N2OS2/c1-14(2)22-17-6-4-5-16(13-17)21-19(23)20-11-12-24-18-9-7-15(3)8-10-18/h4-10,13-14H,11-12H2,1-3H3,(H2,20,21,23). The van der Waals surface area contributed by atoms with Crippen molar-refractivity contribution in [3.63, 3.8) is 0 Å². The molecule has 2 rings (SSSR count). The van der Waals surface area contributed by atoms with Gasteiger partial charge in [-0.15, -0.1) is 11.8 Å². The lowest BCUT2D eigenvalue weighted by molar-refractivity contribution is 0.242. The van der Waals surface area contributed by atoms with Crippen molar-refractivity contribution in [1.29, 1.82) is 0 Å². The van der Waals surface area contributed by atoms with E-state index in [-0.39, 0.29) is 6.10 Å². The molecule has 0 saturated carbocycles. The summed E-state index contributed by atoms with van der Waals surface area (Å²) < 4.78 is 5.69. The Morgan fingerprint density at radius 1 is 1.17 bits per heavy atom. The van der Waals surface area contributed by atoms with E-state index in [0.717, 1.165) is 23.7 Å². The zero-order valence-corrected chi connectivity index (χ0v) is 16.0. The summed E-state index contributed by atoms with van der Waals surface area (Å²) in [5, 5.41) is 7.05. The molecule has 0 spiro atoms. The molecular formula is C19H24N2OS2. The summed E-state index contributed by atoms with van der Waals surface area (Å²) in [7, 11) is 0. The highest BCUT2D eigenvalue weighted by Crippen LogP contribution is 2.19. The van der Waals surface area contributed by atoms with Gasteiger partial charge in [-0.2, -0.15) is 0 Å². The van der Waals surface area contributed by atoms with Crippen molar-refractivity contribution in [3.05, 3.63) is 54.1 Å². The van der Waals surface area contributed by atoms with Crippen LogP contribution in [0.15, 0.2) is 53.4 Å². The van der Waals surface area contributed by atoms with E-state index >= 15 is 0 Å². The third kappa shape index (κ3) is 6.81. The first-order valence-electron chi connectivity index (χ1n) is 8.04. The number of aryl methyl sites for hydroxylation is 1. The van der Waals surface area contributed by atoms with Gasteiger partial charge >= 0.3 is 0 Å². The van der Waals surface area contributed by atoms with Crippen LogP contribution in [0.2, 0.25) is 0 Å². The molecule has 2 aromatic carbocycles. The van der Waals surface area contributed by atoms with Crippen LogP contribution in [0.3, 0.4) is 0 Å². The van der Waals surface area contributed by atoms with Crippen LogP contribution in [0.4, 0.5) is 5.69 Å². The van der Waals surface area contributed by atoms with Crippen molar-refractivity contribution in [1.82, 2.24) is 5.32 Å². The van der Waals surface area contributed by atoms with Gasteiger partial charge in [-0.3, -0.25) is 0 Å². The van der Waals surface area contributed by atoms with Gasteiger partial charge in [-0.25, -0.2) is 0 Å². The number of ether oxygens (including phenoxy) is 1. The van der Waals surface area contributed by atoms with Gasteiger partial charge in [-0.1, -0.05) is 23.8 Å². The van der Waals surface area contributed by atoms with Crippen molar-refractivity contribution < 1.29 is 4.74 Å². The molecule has 0 atom stereocenters. The highest BCUT2D eigenvalue weighted by Gasteiger charge is 2.02. The normalized spacial score (nSPS) is 10.5. The van der Waals surface area contributed by atoms with Crippen LogP contribution in [-0.2, 0) is 0 Å². The number of rotatable bonds is 7. The summed E-state index contributed by atoms with van der Waals surface area (Å²) in [5.41, 5.74) is 2.21. The van der Waals surface area contributed by atoms with Gasteiger partial charge in [0, 0.05) is 28.9 Å². The lowest BCUT2D eigenvalue weighted by atomic mass is 10.2. The zero-order valence-electron chi connectivity index (χ0n) is 14.3. The maximum atomic E-state index is 5.69. The maximum Gasteiger partial charge on any atom is 0.170 e. The molecule has 0 aliphatic rings. The van der Waals surface area contributed by atoms with Crippen LogP contribution >= 0.6 is 24.0 Å². The number of thiocarbonyl (C=S) groups is 1. The van der Waals surface area contributed by atoms with Crippen molar-refractivity contribution in [2.45, 2.75) is 31.8 Å². The predicted octanol–water partition coefficient (Wildman–Crippen LogP) is 4.86. The number of anilines is 1. The monoisotopic (exact) mass is 360 g/mol. The average molecular weight is 361 g/mol. The molecule has 0 unspecified atom stereocenters. The van der Waals surface area contributed by atoms with Gasteiger partial charge in [0.2, 0.25) is 0 Å². The summed E-state index contributed by atoms with van der Waals surface area (Å²) in [6.07, 6.45) is 0.157. The zero-order chi connectivity index (χ0) is 17.4. The third-order valence-corrected chi connectivity index (χ3v) is 4.40. The first-order chi connectivity index (χ1) is 11.5. The van der Waals surface area contributed by atoms with Crippen LogP contribution in [0, 0.1) is 6.92 Å². The van der Waals surface area contributed by atoms with E-state index < -0.39 is 0 Å². The predicted molar refractivity (Wildman–Crippen MR) is 108 cm³/mol. The third-order valence-electron chi connectivity index (χ3n) is 3.14. The van der Waals surface area contributed by atoms with E-state index in [0.29, 0.717) is 5.11 Å². The Morgan fingerprint density at radius 2 is 1.92 bits per heavy atom. The number of nitrogens with one attached hydrogen (secondary N) is 2. The van der Waals surface area contributed by atoms with Crippen LogP contribution in [0.5, 0.6) is 5.75 Å². The largest absolute Gasteiger partial charge is 0.491 e. The van der Waals surface area contributed by atoms with E-state index in [2.05, 4.69) is 41.8 Å². The lowest BCUT2D eigenvalue weighted by Crippen LogP contribution is -2.30. The molecule has 2 N–H and O–H groups in total. The second kappa shape index (κ2) is 9.55. The molecular weight excluding hydrogens is 336 g/mol. The minimum atomic E-state index is 0.157. The van der Waals surface area contributed by atoms with Crippen molar-refractivity contribution in [3.8, 4) is 5.75 Å². The van der Waals surface area contributed by atoms with E-state index in [9.17, 15) is 0 Å². The fourth-order valence-corrected chi connectivity index (χ4v) is 3.05. The van der Waals surface area contributed by atoms with Crippen molar-refractivity contribution in [2.75, 3.05) is 17.6 Å². The molecule has 0 radical (unpaired) electrons. The maximum absolute atomic E-state index is 5.69. The molecule has 0 fully saturated rings. The second-order valence-corrected chi connectivity index (χ2v) is 7.31. The van der Waals surface area contributed by atoms with Gasteiger partial charge in [0.05, 0.1) is 6.10 Å². The Morgan fingerprint density at radius 3 is 2.62 bits per heavy atom. The molecule has 0 saturated heterocycles. The summed E-state index contributed by atoms with van der Waals surface area (Å²) in [5.74, 6) is 1.80. The van der Waals surface area contributed by atoms with Gasteiger partial charge in [0.25, 0.3) is 0 Å². The summed E-state index contributed by atoms with van der Waals surface area (Å²) >= 11 is 7.16. The van der Waals surface area contributed by atoms with E-state index in [4.69, 9.17) is 17.0 Å². The Balaban J connectivity index is 1.72. The first-order valence-corrected chi connectivity index (χ1v) is 9.43. The number of hydrogen-bond donors (Lipinski definition) is 2. The first kappa shape index (κ1) is 18.6. The Hall–Kier alpha value is -1.72. The fraction of sp³-hybridized carbons (Fsp3) is 0.316. The highest BCUT2D eigenvalue weighted by atomic mass is 32.2. The molecule has 0 heterocycles. The Bertz CT molecular complexity index is 657. The van der Waals surface area contributed by atoms with Crippen LogP contribution in [0.1, 0.15) is 19.4 Å². The van der Waals surface area contributed by atoms with Gasteiger partial charge in [-0.05, 0) is 57.3 Å². The minimum absolute atomic E-state index is 0.157. The number of benzene rings is 2. The molecule has 0 amide bonds. The Kier molecular flexibility index (Phi) is 7.40.